The van der Waals surface area contributed by atoms with Crippen molar-refractivity contribution in [2.75, 3.05) is 13.7 Å². The van der Waals surface area contributed by atoms with Gasteiger partial charge in [0, 0.05) is 5.56 Å². The van der Waals surface area contributed by atoms with Gasteiger partial charge in [0.25, 0.3) is 0 Å². The molecule has 0 radical (unpaired) electrons. The molecule has 0 saturated carbocycles. The van der Waals surface area contributed by atoms with E-state index in [1.165, 1.54) is 0 Å². The molecule has 0 aliphatic heterocycles. The van der Waals surface area contributed by atoms with E-state index >= 15 is 0 Å². The molecular weight excluding hydrogens is 230 g/mol. The van der Waals surface area contributed by atoms with Crippen LogP contribution in [-0.4, -0.2) is 28.5 Å². The fraction of sp³-hybridized carbons (Fsp3) is 0.308. The van der Waals surface area contributed by atoms with Crippen LogP contribution in [0.2, 0.25) is 0 Å². The maximum atomic E-state index is 9.83. The lowest BCUT2D eigenvalue weighted by molar-refractivity contribution is 0.376. The van der Waals surface area contributed by atoms with Gasteiger partial charge < -0.3 is 15.6 Å². The molecule has 5 heteroatoms. The molecule has 0 aliphatic carbocycles. The first-order valence-electron chi connectivity index (χ1n) is 5.87. The van der Waals surface area contributed by atoms with Crippen LogP contribution >= 0.6 is 0 Å². The second-order valence-electron chi connectivity index (χ2n) is 3.97. The molecule has 2 aromatic rings. The summed E-state index contributed by atoms with van der Waals surface area (Å²) < 4.78 is 6.97. The Morgan fingerprint density at radius 1 is 1.39 bits per heavy atom. The second-order valence-corrected chi connectivity index (χ2v) is 3.97. The molecule has 5 nitrogen and oxygen atoms in total. The molecule has 0 unspecified atom stereocenters. The van der Waals surface area contributed by atoms with E-state index in [2.05, 4.69) is 5.10 Å². The molecule has 0 saturated heterocycles. The summed E-state index contributed by atoms with van der Waals surface area (Å²) in [6, 6.07) is 7.02. The van der Waals surface area contributed by atoms with Crippen molar-refractivity contribution in [2.24, 2.45) is 5.73 Å². The van der Waals surface area contributed by atoms with Crippen molar-refractivity contribution in [3.63, 3.8) is 0 Å². The van der Waals surface area contributed by atoms with Crippen LogP contribution in [0.1, 0.15) is 12.0 Å². The van der Waals surface area contributed by atoms with E-state index in [1.807, 2.05) is 6.07 Å². The molecule has 1 heterocycles. The van der Waals surface area contributed by atoms with Gasteiger partial charge in [-0.15, -0.1) is 0 Å². The third-order valence-corrected chi connectivity index (χ3v) is 2.75. The summed E-state index contributed by atoms with van der Waals surface area (Å²) in [5.41, 5.74) is 7.10. The highest BCUT2D eigenvalue weighted by atomic mass is 16.5. The number of hydrogen-bond acceptors (Lipinski definition) is 4. The number of rotatable bonds is 5. The Bertz CT molecular complexity index is 523. The summed E-state index contributed by atoms with van der Waals surface area (Å²) in [7, 11) is 1.60. The zero-order valence-electron chi connectivity index (χ0n) is 10.3. The zero-order chi connectivity index (χ0) is 13.0. The molecule has 0 fully saturated rings. The fourth-order valence-corrected chi connectivity index (χ4v) is 1.87. The highest BCUT2D eigenvalue weighted by Crippen LogP contribution is 2.28. The van der Waals surface area contributed by atoms with Gasteiger partial charge in [-0.3, -0.25) is 0 Å². The molecule has 18 heavy (non-hydrogen) atoms. The average molecular weight is 247 g/mol. The van der Waals surface area contributed by atoms with Gasteiger partial charge >= 0.3 is 0 Å². The lowest BCUT2D eigenvalue weighted by atomic mass is 10.2. The smallest absolute Gasteiger partial charge is 0.219 e. The minimum Gasteiger partial charge on any atom is -0.506 e. The number of methoxy groups -OCH3 is 1. The SMILES string of the molecule is COc1c(CCCN)cnn1-c1ccccc1O. The van der Waals surface area contributed by atoms with Gasteiger partial charge in [0.1, 0.15) is 11.4 Å². The number of phenols is 1. The van der Waals surface area contributed by atoms with Crippen LogP contribution < -0.4 is 10.5 Å². The van der Waals surface area contributed by atoms with Gasteiger partial charge in [-0.25, -0.2) is 0 Å². The van der Waals surface area contributed by atoms with E-state index in [1.54, 1.807) is 36.2 Å². The van der Waals surface area contributed by atoms with E-state index < -0.39 is 0 Å². The Morgan fingerprint density at radius 2 is 2.17 bits per heavy atom. The van der Waals surface area contributed by atoms with Gasteiger partial charge in [0.05, 0.1) is 13.3 Å². The lowest BCUT2D eigenvalue weighted by Crippen LogP contribution is -2.03. The van der Waals surface area contributed by atoms with Crippen molar-refractivity contribution in [1.82, 2.24) is 9.78 Å². The third kappa shape index (κ3) is 2.31. The van der Waals surface area contributed by atoms with E-state index in [4.69, 9.17) is 10.5 Å². The molecule has 0 amide bonds. The largest absolute Gasteiger partial charge is 0.506 e. The van der Waals surface area contributed by atoms with Crippen molar-refractivity contribution < 1.29 is 9.84 Å². The van der Waals surface area contributed by atoms with Gasteiger partial charge in [-0.2, -0.15) is 9.78 Å². The van der Waals surface area contributed by atoms with Crippen LogP contribution in [0.25, 0.3) is 5.69 Å². The number of phenolic OH excluding ortho intramolecular Hbond substituents is 1. The maximum absolute atomic E-state index is 9.83. The molecule has 96 valence electrons. The Morgan fingerprint density at radius 3 is 2.83 bits per heavy atom. The topological polar surface area (TPSA) is 73.3 Å². The number of aromatic hydroxyl groups is 1. The summed E-state index contributed by atoms with van der Waals surface area (Å²) in [4.78, 5) is 0. The minimum absolute atomic E-state index is 0.171. The predicted molar refractivity (Wildman–Crippen MR) is 69.2 cm³/mol. The molecule has 0 aliphatic rings. The second kappa shape index (κ2) is 5.55. The number of benzene rings is 1. The van der Waals surface area contributed by atoms with Crippen molar-refractivity contribution in [1.29, 1.82) is 0 Å². The summed E-state index contributed by atoms with van der Waals surface area (Å²) in [6.07, 6.45) is 3.44. The number of hydrogen-bond donors (Lipinski definition) is 2. The fourth-order valence-electron chi connectivity index (χ4n) is 1.87. The van der Waals surface area contributed by atoms with E-state index in [0.29, 0.717) is 18.1 Å². The monoisotopic (exact) mass is 247 g/mol. The Hall–Kier alpha value is -2.01. The van der Waals surface area contributed by atoms with Crippen LogP contribution in [0.5, 0.6) is 11.6 Å². The third-order valence-electron chi connectivity index (χ3n) is 2.75. The van der Waals surface area contributed by atoms with Gasteiger partial charge in [-0.1, -0.05) is 12.1 Å². The maximum Gasteiger partial charge on any atom is 0.219 e. The molecule has 1 aromatic heterocycles. The van der Waals surface area contributed by atoms with Crippen LogP contribution in [0, 0.1) is 0 Å². The molecule has 2 rings (SSSR count). The van der Waals surface area contributed by atoms with Crippen molar-refractivity contribution >= 4 is 0 Å². The van der Waals surface area contributed by atoms with Gasteiger partial charge in [0.2, 0.25) is 5.88 Å². The summed E-state index contributed by atoms with van der Waals surface area (Å²) >= 11 is 0. The highest BCUT2D eigenvalue weighted by Gasteiger charge is 2.14. The van der Waals surface area contributed by atoms with Gasteiger partial charge in [0.15, 0.2) is 0 Å². The van der Waals surface area contributed by atoms with E-state index in [-0.39, 0.29) is 5.75 Å². The number of para-hydroxylation sites is 2. The van der Waals surface area contributed by atoms with Gasteiger partial charge in [-0.05, 0) is 31.5 Å². The van der Waals surface area contributed by atoms with Crippen molar-refractivity contribution in [3.05, 3.63) is 36.0 Å². The molecule has 1 aromatic carbocycles. The average Bonchev–Trinajstić information content (AvgIpc) is 2.79. The summed E-state index contributed by atoms with van der Waals surface area (Å²) in [6.45, 7) is 0.630. The molecular formula is C13H17N3O2. The number of nitrogens with two attached hydrogens (primary N) is 1. The van der Waals surface area contributed by atoms with Crippen LogP contribution in [-0.2, 0) is 6.42 Å². The molecule has 0 bridgehead atoms. The van der Waals surface area contributed by atoms with E-state index in [9.17, 15) is 5.11 Å². The number of ether oxygens (including phenoxy) is 1. The Labute approximate surface area is 106 Å². The number of aryl methyl sites for hydroxylation is 1. The first-order valence-corrected chi connectivity index (χ1v) is 5.87. The standard InChI is InChI=1S/C13H17N3O2/c1-18-13-10(5-4-8-14)9-15-16(13)11-6-2-3-7-12(11)17/h2-3,6-7,9,17H,4-5,8,14H2,1H3. The highest BCUT2D eigenvalue weighted by molar-refractivity contribution is 5.48. The molecule has 3 N–H and O–H groups in total. The summed E-state index contributed by atoms with van der Waals surface area (Å²) in [5.74, 6) is 0.814. The summed E-state index contributed by atoms with van der Waals surface area (Å²) in [5, 5.41) is 14.1. The van der Waals surface area contributed by atoms with Crippen LogP contribution in [0.3, 0.4) is 0 Å². The van der Waals surface area contributed by atoms with Crippen LogP contribution in [0.4, 0.5) is 0 Å². The first kappa shape index (κ1) is 12.4. The Kier molecular flexibility index (Phi) is 3.84. The van der Waals surface area contributed by atoms with Crippen LogP contribution in [0.15, 0.2) is 30.5 Å². The van der Waals surface area contributed by atoms with Crippen molar-refractivity contribution in [2.45, 2.75) is 12.8 Å². The Balaban J connectivity index is 2.40. The zero-order valence-corrected chi connectivity index (χ0v) is 10.3. The van der Waals surface area contributed by atoms with Crippen molar-refractivity contribution in [3.8, 4) is 17.3 Å². The predicted octanol–water partition coefficient (Wildman–Crippen LogP) is 1.48. The molecule has 0 spiro atoms. The normalized spacial score (nSPS) is 10.6. The minimum atomic E-state index is 0.171. The first-order chi connectivity index (χ1) is 8.77. The quantitative estimate of drug-likeness (QED) is 0.839. The molecule has 0 atom stereocenters. The number of aromatic nitrogens is 2. The number of nitrogens with zero attached hydrogens (tertiary/aromatic N) is 2. The lowest BCUT2D eigenvalue weighted by Gasteiger charge is -2.09. The van der Waals surface area contributed by atoms with E-state index in [0.717, 1.165) is 18.4 Å².